The summed E-state index contributed by atoms with van der Waals surface area (Å²) in [6.07, 6.45) is 0.761. The molecular formula is C14H14FN3O. The van der Waals surface area contributed by atoms with E-state index in [1.807, 2.05) is 6.07 Å². The van der Waals surface area contributed by atoms with Crippen LogP contribution >= 0.6 is 0 Å². The normalized spacial score (nSPS) is 14.3. The van der Waals surface area contributed by atoms with Gasteiger partial charge in [0.1, 0.15) is 5.82 Å². The molecule has 3 rings (SSSR count). The van der Waals surface area contributed by atoms with Gasteiger partial charge in [-0.2, -0.15) is 5.10 Å². The second-order valence-corrected chi connectivity index (χ2v) is 4.73. The van der Waals surface area contributed by atoms with Gasteiger partial charge < -0.3 is 4.90 Å². The predicted octanol–water partition coefficient (Wildman–Crippen LogP) is 2.12. The number of rotatable bonds is 1. The van der Waals surface area contributed by atoms with E-state index in [1.54, 1.807) is 17.9 Å². The third kappa shape index (κ3) is 2.12. The number of carbonyl (C=O) groups excluding carboxylic acids is 1. The molecule has 1 aromatic heterocycles. The molecule has 0 fully saturated rings. The number of carbonyl (C=O) groups is 1. The van der Waals surface area contributed by atoms with Crippen LogP contribution < -0.4 is 0 Å². The highest BCUT2D eigenvalue weighted by Gasteiger charge is 2.23. The molecule has 0 aliphatic carbocycles. The van der Waals surface area contributed by atoms with Crippen molar-refractivity contribution in [1.29, 1.82) is 0 Å². The summed E-state index contributed by atoms with van der Waals surface area (Å²) in [4.78, 5) is 13.2. The monoisotopic (exact) mass is 259 g/mol. The Bertz CT molecular complexity index is 635. The van der Waals surface area contributed by atoms with Crippen LogP contribution in [0.3, 0.4) is 0 Å². The van der Waals surface area contributed by atoms with Gasteiger partial charge in [-0.3, -0.25) is 9.89 Å². The van der Waals surface area contributed by atoms with Gasteiger partial charge in [0.2, 0.25) is 5.91 Å². The summed E-state index contributed by atoms with van der Waals surface area (Å²) in [6, 6.07) is 6.36. The second kappa shape index (κ2) is 4.50. The maximum atomic E-state index is 13.3. The van der Waals surface area contributed by atoms with Crippen LogP contribution in [0.25, 0.3) is 11.3 Å². The average Bonchev–Trinajstić information content (AvgIpc) is 2.81. The van der Waals surface area contributed by atoms with Crippen LogP contribution in [0, 0.1) is 5.82 Å². The van der Waals surface area contributed by atoms with E-state index in [1.165, 1.54) is 12.1 Å². The number of H-pyrrole nitrogens is 1. The Hall–Kier alpha value is -2.17. The molecule has 0 radical (unpaired) electrons. The summed E-state index contributed by atoms with van der Waals surface area (Å²) in [5.41, 5.74) is 3.51. The van der Waals surface area contributed by atoms with E-state index in [0.29, 0.717) is 13.1 Å². The van der Waals surface area contributed by atoms with Crippen molar-refractivity contribution in [3.05, 3.63) is 41.3 Å². The van der Waals surface area contributed by atoms with Gasteiger partial charge in [-0.25, -0.2) is 4.39 Å². The first-order valence-corrected chi connectivity index (χ1v) is 6.22. The number of nitrogens with one attached hydrogen (secondary N) is 1. The van der Waals surface area contributed by atoms with E-state index >= 15 is 0 Å². The lowest BCUT2D eigenvalue weighted by atomic mass is 10.0. The van der Waals surface area contributed by atoms with Crippen molar-refractivity contribution in [3.63, 3.8) is 0 Å². The molecule has 0 atom stereocenters. The highest BCUT2D eigenvalue weighted by atomic mass is 19.1. The molecule has 19 heavy (non-hydrogen) atoms. The van der Waals surface area contributed by atoms with E-state index < -0.39 is 0 Å². The Morgan fingerprint density at radius 3 is 3.05 bits per heavy atom. The number of aromatic amines is 1. The van der Waals surface area contributed by atoms with Gasteiger partial charge in [0.15, 0.2) is 0 Å². The summed E-state index contributed by atoms with van der Waals surface area (Å²) in [6.45, 7) is 2.80. The first-order valence-electron chi connectivity index (χ1n) is 6.22. The van der Waals surface area contributed by atoms with Gasteiger partial charge in [0.05, 0.1) is 5.69 Å². The van der Waals surface area contributed by atoms with Gasteiger partial charge in [0, 0.05) is 43.3 Å². The molecule has 1 aliphatic heterocycles. The molecule has 5 heteroatoms. The zero-order valence-corrected chi connectivity index (χ0v) is 10.6. The highest BCUT2D eigenvalue weighted by molar-refractivity contribution is 5.74. The van der Waals surface area contributed by atoms with Gasteiger partial charge in [-0.15, -0.1) is 0 Å². The predicted molar refractivity (Wildman–Crippen MR) is 68.8 cm³/mol. The number of hydrogen-bond donors (Lipinski definition) is 1. The number of benzene rings is 1. The minimum absolute atomic E-state index is 0.0528. The van der Waals surface area contributed by atoms with Crippen molar-refractivity contribution in [2.75, 3.05) is 6.54 Å². The van der Waals surface area contributed by atoms with Crippen LogP contribution in [-0.4, -0.2) is 27.5 Å². The van der Waals surface area contributed by atoms with Crippen molar-refractivity contribution in [2.45, 2.75) is 19.9 Å². The van der Waals surface area contributed by atoms with Crippen LogP contribution in [-0.2, 0) is 17.8 Å². The van der Waals surface area contributed by atoms with E-state index in [-0.39, 0.29) is 11.7 Å². The summed E-state index contributed by atoms with van der Waals surface area (Å²) < 4.78 is 13.3. The van der Waals surface area contributed by atoms with Crippen LogP contribution in [0.4, 0.5) is 4.39 Å². The summed E-state index contributed by atoms with van der Waals surface area (Å²) >= 11 is 0. The Morgan fingerprint density at radius 1 is 1.47 bits per heavy atom. The molecule has 1 amide bonds. The molecule has 98 valence electrons. The topological polar surface area (TPSA) is 49.0 Å². The minimum atomic E-state index is -0.284. The van der Waals surface area contributed by atoms with E-state index in [2.05, 4.69) is 10.2 Å². The Kier molecular flexibility index (Phi) is 2.81. The molecule has 2 heterocycles. The Labute approximate surface area is 110 Å². The average molecular weight is 259 g/mol. The molecule has 0 unspecified atom stereocenters. The number of hydrogen-bond acceptors (Lipinski definition) is 2. The van der Waals surface area contributed by atoms with Crippen molar-refractivity contribution < 1.29 is 9.18 Å². The standard InChI is InChI=1S/C14H14FN3O/c1-9(19)18-6-5-13-12(8-18)14(17-16-13)10-3-2-4-11(15)7-10/h2-4,7H,5-6,8H2,1H3,(H,16,17). The molecule has 1 aromatic carbocycles. The lowest BCUT2D eigenvalue weighted by Crippen LogP contribution is -2.34. The molecule has 0 bridgehead atoms. The molecular weight excluding hydrogens is 245 g/mol. The Morgan fingerprint density at radius 2 is 2.32 bits per heavy atom. The van der Waals surface area contributed by atoms with Crippen molar-refractivity contribution in [1.82, 2.24) is 15.1 Å². The molecule has 2 aromatic rings. The minimum Gasteiger partial charge on any atom is -0.338 e. The van der Waals surface area contributed by atoms with Crippen LogP contribution in [0.15, 0.2) is 24.3 Å². The lowest BCUT2D eigenvalue weighted by Gasteiger charge is -2.25. The van der Waals surface area contributed by atoms with E-state index in [9.17, 15) is 9.18 Å². The number of aromatic nitrogens is 2. The lowest BCUT2D eigenvalue weighted by molar-refractivity contribution is -0.129. The van der Waals surface area contributed by atoms with E-state index in [0.717, 1.165) is 28.9 Å². The summed E-state index contributed by atoms with van der Waals surface area (Å²) in [5, 5.41) is 7.27. The zero-order chi connectivity index (χ0) is 13.4. The number of nitrogens with zero attached hydrogens (tertiary/aromatic N) is 2. The van der Waals surface area contributed by atoms with Crippen LogP contribution in [0.2, 0.25) is 0 Å². The zero-order valence-electron chi connectivity index (χ0n) is 10.6. The molecule has 1 N–H and O–H groups in total. The highest BCUT2D eigenvalue weighted by Crippen LogP contribution is 2.28. The second-order valence-electron chi connectivity index (χ2n) is 4.73. The number of halogens is 1. The molecule has 0 saturated heterocycles. The molecule has 4 nitrogen and oxygen atoms in total. The molecule has 0 saturated carbocycles. The van der Waals surface area contributed by atoms with Gasteiger partial charge in [-0.1, -0.05) is 12.1 Å². The fourth-order valence-corrected chi connectivity index (χ4v) is 2.44. The smallest absolute Gasteiger partial charge is 0.219 e. The van der Waals surface area contributed by atoms with Crippen molar-refractivity contribution >= 4 is 5.91 Å². The largest absolute Gasteiger partial charge is 0.338 e. The molecule has 1 aliphatic rings. The van der Waals surface area contributed by atoms with Crippen LogP contribution in [0.1, 0.15) is 18.2 Å². The Balaban J connectivity index is 2.01. The number of fused-ring (bicyclic) bond motifs is 1. The van der Waals surface area contributed by atoms with E-state index in [4.69, 9.17) is 0 Å². The quantitative estimate of drug-likeness (QED) is 0.852. The van der Waals surface area contributed by atoms with Gasteiger partial charge in [0.25, 0.3) is 0 Å². The number of amides is 1. The maximum Gasteiger partial charge on any atom is 0.219 e. The maximum absolute atomic E-state index is 13.3. The summed E-state index contributed by atoms with van der Waals surface area (Å²) in [5.74, 6) is -0.231. The molecule has 0 spiro atoms. The van der Waals surface area contributed by atoms with Crippen LogP contribution in [0.5, 0.6) is 0 Å². The fourth-order valence-electron chi connectivity index (χ4n) is 2.44. The first-order chi connectivity index (χ1) is 9.15. The van der Waals surface area contributed by atoms with Gasteiger partial charge in [-0.05, 0) is 12.1 Å². The fraction of sp³-hybridized carbons (Fsp3) is 0.286. The third-order valence-corrected chi connectivity index (χ3v) is 3.48. The third-order valence-electron chi connectivity index (χ3n) is 3.48. The SMILES string of the molecule is CC(=O)N1CCc2[nH]nc(-c3cccc(F)c3)c2C1. The van der Waals surface area contributed by atoms with Crippen molar-refractivity contribution in [2.24, 2.45) is 0 Å². The van der Waals surface area contributed by atoms with Crippen molar-refractivity contribution in [3.8, 4) is 11.3 Å². The first kappa shape index (κ1) is 11.9. The summed E-state index contributed by atoms with van der Waals surface area (Å²) in [7, 11) is 0. The van der Waals surface area contributed by atoms with Gasteiger partial charge >= 0.3 is 0 Å².